The summed E-state index contributed by atoms with van der Waals surface area (Å²) >= 11 is 1.20. The zero-order valence-electron chi connectivity index (χ0n) is 20.3. The number of hydrogen-bond donors (Lipinski definition) is 2. The Hall–Kier alpha value is -2.53. The Balaban J connectivity index is 1.55. The summed E-state index contributed by atoms with van der Waals surface area (Å²) in [5.41, 5.74) is 4.58. The van der Waals surface area contributed by atoms with Crippen LogP contribution in [0.4, 0.5) is 4.39 Å². The molecular formula is C26H29FN4O3S2. The predicted molar refractivity (Wildman–Crippen MR) is 137 cm³/mol. The molecule has 0 aromatic carbocycles. The summed E-state index contributed by atoms with van der Waals surface area (Å²) in [6.45, 7) is 3.40. The van der Waals surface area contributed by atoms with E-state index in [9.17, 15) is 18.5 Å². The Labute approximate surface area is 214 Å². The zero-order chi connectivity index (χ0) is 25.7. The lowest BCUT2D eigenvalue weighted by atomic mass is 9.90. The average molecular weight is 529 g/mol. The zero-order valence-corrected chi connectivity index (χ0v) is 22.0. The van der Waals surface area contributed by atoms with Gasteiger partial charge >= 0.3 is 0 Å². The molecule has 0 aliphatic heterocycles. The van der Waals surface area contributed by atoms with Crippen molar-refractivity contribution in [2.45, 2.75) is 75.0 Å². The third-order valence-corrected chi connectivity index (χ3v) is 10.4. The monoisotopic (exact) mass is 528 g/mol. The number of rotatable bonds is 5. The molecule has 3 N–H and O–H groups in total. The van der Waals surface area contributed by atoms with E-state index in [1.807, 2.05) is 0 Å². The van der Waals surface area contributed by atoms with Crippen LogP contribution in [0.1, 0.15) is 65.9 Å². The fraction of sp³-hybridized carbons (Fsp3) is 0.423. The first-order valence-corrected chi connectivity index (χ1v) is 14.5. The van der Waals surface area contributed by atoms with Gasteiger partial charge in [-0.25, -0.2) is 14.3 Å². The van der Waals surface area contributed by atoms with E-state index in [0.29, 0.717) is 21.8 Å². The molecular weight excluding hydrogens is 499 g/mol. The van der Waals surface area contributed by atoms with Gasteiger partial charge in [0.15, 0.2) is 9.92 Å². The molecule has 1 unspecified atom stereocenters. The quantitative estimate of drug-likeness (QED) is 0.476. The van der Waals surface area contributed by atoms with Crippen LogP contribution in [0, 0.1) is 5.95 Å². The number of thiophene rings is 1. The summed E-state index contributed by atoms with van der Waals surface area (Å²) in [7, 11) is -3.51. The first-order valence-electron chi connectivity index (χ1n) is 12.1. The second kappa shape index (κ2) is 9.41. The number of pyridine rings is 2. The lowest BCUT2D eigenvalue weighted by Gasteiger charge is -2.20. The lowest BCUT2D eigenvalue weighted by molar-refractivity contribution is -0.117. The third kappa shape index (κ3) is 4.74. The number of halogens is 1. The van der Waals surface area contributed by atoms with Crippen molar-refractivity contribution in [2.75, 3.05) is 0 Å². The topological polar surface area (TPSA) is 119 Å². The summed E-state index contributed by atoms with van der Waals surface area (Å²) in [5, 5.41) is 16.9. The van der Waals surface area contributed by atoms with Gasteiger partial charge < -0.3 is 5.11 Å². The Bertz CT molecular complexity index is 1480. The maximum absolute atomic E-state index is 13.9. The van der Waals surface area contributed by atoms with Gasteiger partial charge in [-0.3, -0.25) is 9.78 Å². The number of carbonyl (C=O) groups is 1. The standard InChI is InChI=1S/C26H29FN4O3S2/c1-26(2,33)24-17-6-3-4-7-18(17)25(35-24)36(28,34)31-23(32)13-19-16-8-5-9-21(16)30-14-20(19)15-10-11-29-22(27)12-15/h10-12,14,33H,3-9,13H2,1-2H3,(H2,28,31,32,34). The van der Waals surface area contributed by atoms with Crippen molar-refractivity contribution in [2.24, 2.45) is 9.50 Å². The van der Waals surface area contributed by atoms with E-state index in [1.165, 1.54) is 23.6 Å². The number of fused-ring (bicyclic) bond motifs is 2. The number of nitrogens with zero attached hydrogens (tertiary/aromatic N) is 3. The number of hydrogen-bond acceptors (Lipinski definition) is 6. The number of carbonyl (C=O) groups excluding carboxylic acids is 1. The third-order valence-electron chi connectivity index (χ3n) is 6.83. The molecule has 1 atom stereocenters. The van der Waals surface area contributed by atoms with E-state index in [2.05, 4.69) is 14.3 Å². The first kappa shape index (κ1) is 25.1. The maximum atomic E-state index is 13.9. The molecule has 3 aromatic rings. The molecule has 5 rings (SSSR count). The molecule has 3 heterocycles. The van der Waals surface area contributed by atoms with Crippen molar-refractivity contribution in [3.05, 3.63) is 63.3 Å². The second-order valence-corrected chi connectivity index (χ2v) is 13.0. The highest BCUT2D eigenvalue weighted by Gasteiger charge is 2.32. The summed E-state index contributed by atoms with van der Waals surface area (Å²) in [6, 6.07) is 2.99. The number of amides is 1. The van der Waals surface area contributed by atoms with Crippen LogP contribution >= 0.6 is 11.3 Å². The summed E-state index contributed by atoms with van der Waals surface area (Å²) in [4.78, 5) is 22.1. The van der Waals surface area contributed by atoms with Crippen LogP contribution in [-0.4, -0.2) is 25.2 Å². The Kier molecular flexibility index (Phi) is 6.57. The first-order chi connectivity index (χ1) is 17.0. The van der Waals surface area contributed by atoms with Gasteiger partial charge in [-0.05, 0) is 92.7 Å². The molecule has 3 aromatic heterocycles. The number of aliphatic hydroxyl groups is 1. The molecule has 0 saturated heterocycles. The number of aryl methyl sites for hydroxylation is 1. The minimum atomic E-state index is -3.51. The Morgan fingerprint density at radius 2 is 1.89 bits per heavy atom. The maximum Gasteiger partial charge on any atom is 0.259 e. The minimum Gasteiger partial charge on any atom is -0.385 e. The molecule has 190 valence electrons. The fourth-order valence-corrected chi connectivity index (χ4v) is 8.30. The van der Waals surface area contributed by atoms with E-state index in [-0.39, 0.29) is 6.42 Å². The molecule has 0 bridgehead atoms. The van der Waals surface area contributed by atoms with E-state index in [4.69, 9.17) is 5.14 Å². The van der Waals surface area contributed by atoms with Gasteiger partial charge in [0.1, 0.15) is 4.21 Å². The molecule has 36 heavy (non-hydrogen) atoms. The van der Waals surface area contributed by atoms with Crippen molar-refractivity contribution in [1.82, 2.24) is 9.97 Å². The van der Waals surface area contributed by atoms with Crippen molar-refractivity contribution >= 4 is 27.2 Å². The van der Waals surface area contributed by atoms with Crippen molar-refractivity contribution in [3.8, 4) is 11.1 Å². The predicted octanol–water partition coefficient (Wildman–Crippen LogP) is 4.41. The van der Waals surface area contributed by atoms with Crippen LogP contribution in [0.2, 0.25) is 0 Å². The van der Waals surface area contributed by atoms with Gasteiger partial charge in [-0.15, -0.1) is 15.7 Å². The molecule has 2 aliphatic rings. The highest BCUT2D eigenvalue weighted by atomic mass is 32.2. The summed E-state index contributed by atoms with van der Waals surface area (Å²) in [5.74, 6) is -1.22. The summed E-state index contributed by atoms with van der Waals surface area (Å²) in [6.07, 6.45) is 8.82. The van der Waals surface area contributed by atoms with E-state index in [0.717, 1.165) is 71.3 Å². The molecule has 2 aliphatic carbocycles. The molecule has 10 heteroatoms. The average Bonchev–Trinajstić information content (AvgIpc) is 3.44. The highest BCUT2D eigenvalue weighted by Crippen LogP contribution is 2.42. The molecule has 0 spiro atoms. The van der Waals surface area contributed by atoms with Crippen molar-refractivity contribution in [3.63, 3.8) is 0 Å². The number of aromatic nitrogens is 2. The van der Waals surface area contributed by atoms with E-state index >= 15 is 0 Å². The molecule has 7 nitrogen and oxygen atoms in total. The van der Waals surface area contributed by atoms with Crippen LogP contribution in [0.5, 0.6) is 0 Å². The second-order valence-electron chi connectivity index (χ2n) is 9.97. The van der Waals surface area contributed by atoms with Gasteiger partial charge in [-0.1, -0.05) is 0 Å². The van der Waals surface area contributed by atoms with Crippen LogP contribution in [0.3, 0.4) is 0 Å². The molecule has 0 radical (unpaired) electrons. The fourth-order valence-electron chi connectivity index (χ4n) is 5.30. The SMILES string of the molecule is CC(C)(O)c1sc(S(N)(=O)=NC(=O)Cc2c(-c3ccnc(F)c3)cnc3c2CCC3)c2c1CCCC2. The van der Waals surface area contributed by atoms with Crippen LogP contribution in [0.15, 0.2) is 33.1 Å². The number of nitrogens with two attached hydrogens (primary N) is 1. The van der Waals surface area contributed by atoms with Gasteiger partial charge in [0.2, 0.25) is 5.95 Å². The molecule has 0 saturated carbocycles. The van der Waals surface area contributed by atoms with Crippen molar-refractivity contribution in [1.29, 1.82) is 0 Å². The van der Waals surface area contributed by atoms with Crippen LogP contribution in [-0.2, 0) is 52.4 Å². The van der Waals surface area contributed by atoms with Crippen LogP contribution in [0.25, 0.3) is 11.1 Å². The van der Waals surface area contributed by atoms with E-state index in [1.54, 1.807) is 26.1 Å². The van der Waals surface area contributed by atoms with Crippen molar-refractivity contribution < 1.29 is 18.5 Å². The highest BCUT2D eigenvalue weighted by molar-refractivity contribution is 7.93. The van der Waals surface area contributed by atoms with Gasteiger partial charge in [0, 0.05) is 34.6 Å². The van der Waals surface area contributed by atoms with E-state index < -0.39 is 27.4 Å². The largest absolute Gasteiger partial charge is 0.385 e. The lowest BCUT2D eigenvalue weighted by Crippen LogP contribution is -2.18. The summed E-state index contributed by atoms with van der Waals surface area (Å²) < 4.78 is 32.0. The Morgan fingerprint density at radius 3 is 2.61 bits per heavy atom. The minimum absolute atomic E-state index is 0.107. The van der Waals surface area contributed by atoms with Gasteiger partial charge in [0.25, 0.3) is 5.91 Å². The van der Waals surface area contributed by atoms with Crippen LogP contribution < -0.4 is 5.14 Å². The normalized spacial score (nSPS) is 16.8. The molecule has 0 fully saturated rings. The van der Waals surface area contributed by atoms with Gasteiger partial charge in [0.05, 0.1) is 12.0 Å². The smallest absolute Gasteiger partial charge is 0.259 e. The molecule has 1 amide bonds. The Morgan fingerprint density at radius 1 is 1.17 bits per heavy atom. The van der Waals surface area contributed by atoms with Gasteiger partial charge in [-0.2, -0.15) is 4.39 Å².